The van der Waals surface area contributed by atoms with Crippen LogP contribution in [0.5, 0.6) is 5.75 Å². The number of amides is 3. The van der Waals surface area contributed by atoms with E-state index < -0.39 is 5.91 Å². The van der Waals surface area contributed by atoms with E-state index in [-0.39, 0.29) is 35.3 Å². The third kappa shape index (κ3) is 6.30. The Morgan fingerprint density at radius 2 is 1.88 bits per heavy atom. The SMILES string of the molecule is CNC(=O)c1nnc(NC(=O)C2CC2)cc1Nc1cccc(-c2ccc(C(=O)N(C)[C@@H](C)c3ccn(C)n3)nc2)c1OC. The number of nitrogens with zero attached hydrogens (tertiary/aromatic N) is 6. The molecule has 0 saturated heterocycles. The number of carbonyl (C=O) groups excluding carboxylic acids is 3. The summed E-state index contributed by atoms with van der Waals surface area (Å²) >= 11 is 0. The number of benzene rings is 1. The smallest absolute Gasteiger partial charge is 0.273 e. The van der Waals surface area contributed by atoms with E-state index in [1.807, 2.05) is 38.4 Å². The maximum absolute atomic E-state index is 13.2. The molecule has 0 radical (unpaired) electrons. The van der Waals surface area contributed by atoms with Gasteiger partial charge in [-0.1, -0.05) is 18.2 Å². The number of rotatable bonds is 10. The van der Waals surface area contributed by atoms with Crippen LogP contribution < -0.4 is 20.7 Å². The van der Waals surface area contributed by atoms with Gasteiger partial charge in [-0.2, -0.15) is 5.10 Å². The van der Waals surface area contributed by atoms with Crippen molar-refractivity contribution in [3.05, 3.63) is 71.9 Å². The lowest BCUT2D eigenvalue weighted by molar-refractivity contribution is -0.117. The van der Waals surface area contributed by atoms with Crippen LogP contribution in [0.25, 0.3) is 11.1 Å². The lowest BCUT2D eigenvalue weighted by atomic mass is 10.0. The predicted molar refractivity (Wildman–Crippen MR) is 160 cm³/mol. The van der Waals surface area contributed by atoms with Crippen molar-refractivity contribution in [3.63, 3.8) is 0 Å². The maximum Gasteiger partial charge on any atom is 0.273 e. The molecular weight excluding hydrogens is 550 g/mol. The summed E-state index contributed by atoms with van der Waals surface area (Å²) in [4.78, 5) is 44.1. The lowest BCUT2D eigenvalue weighted by Gasteiger charge is -2.23. The molecule has 13 nitrogen and oxygen atoms in total. The molecular formula is C30H33N9O4. The summed E-state index contributed by atoms with van der Waals surface area (Å²) in [6.45, 7) is 1.91. The van der Waals surface area contributed by atoms with Crippen LogP contribution in [0.2, 0.25) is 0 Å². The molecule has 0 aliphatic heterocycles. The van der Waals surface area contributed by atoms with Gasteiger partial charge >= 0.3 is 0 Å². The molecule has 0 spiro atoms. The summed E-state index contributed by atoms with van der Waals surface area (Å²) < 4.78 is 7.48. The molecule has 1 saturated carbocycles. The number of aromatic nitrogens is 5. The topological polar surface area (TPSA) is 156 Å². The molecule has 0 bridgehead atoms. The number of para-hydroxylation sites is 1. The minimum atomic E-state index is -0.447. The second kappa shape index (κ2) is 12.3. The molecule has 1 aromatic carbocycles. The van der Waals surface area contributed by atoms with Crippen molar-refractivity contribution < 1.29 is 19.1 Å². The van der Waals surface area contributed by atoms with Gasteiger partial charge in [0.05, 0.1) is 30.2 Å². The van der Waals surface area contributed by atoms with Gasteiger partial charge in [0, 0.05) is 56.6 Å². The zero-order valence-electron chi connectivity index (χ0n) is 24.6. The van der Waals surface area contributed by atoms with Gasteiger partial charge in [-0.3, -0.25) is 24.0 Å². The van der Waals surface area contributed by atoms with Crippen LogP contribution in [0.1, 0.15) is 52.5 Å². The van der Waals surface area contributed by atoms with Crippen molar-refractivity contribution in [2.45, 2.75) is 25.8 Å². The van der Waals surface area contributed by atoms with Gasteiger partial charge in [0.1, 0.15) is 11.4 Å². The number of pyridine rings is 1. The van der Waals surface area contributed by atoms with Crippen LogP contribution >= 0.6 is 0 Å². The molecule has 1 atom stereocenters. The molecule has 43 heavy (non-hydrogen) atoms. The number of aryl methyl sites for hydroxylation is 1. The lowest BCUT2D eigenvalue weighted by Crippen LogP contribution is -2.30. The van der Waals surface area contributed by atoms with Gasteiger partial charge in [-0.15, -0.1) is 10.2 Å². The van der Waals surface area contributed by atoms with Crippen molar-refractivity contribution >= 4 is 34.9 Å². The molecule has 222 valence electrons. The summed E-state index contributed by atoms with van der Waals surface area (Å²) in [6, 6.07) is 12.2. The van der Waals surface area contributed by atoms with Gasteiger partial charge in [0.2, 0.25) is 5.91 Å². The van der Waals surface area contributed by atoms with Gasteiger partial charge < -0.3 is 25.6 Å². The Kier molecular flexibility index (Phi) is 8.32. The monoisotopic (exact) mass is 583 g/mol. The number of methoxy groups -OCH3 is 1. The number of hydrogen-bond donors (Lipinski definition) is 3. The Bertz CT molecular complexity index is 1660. The Morgan fingerprint density at radius 1 is 1.09 bits per heavy atom. The molecule has 4 aromatic rings. The third-order valence-electron chi connectivity index (χ3n) is 7.28. The molecule has 0 unspecified atom stereocenters. The molecule has 1 aliphatic carbocycles. The fourth-order valence-electron chi connectivity index (χ4n) is 4.53. The minimum absolute atomic E-state index is 0.0198. The summed E-state index contributed by atoms with van der Waals surface area (Å²) in [7, 11) is 6.59. The molecule has 3 aromatic heterocycles. The maximum atomic E-state index is 13.2. The molecule has 13 heteroatoms. The second-order valence-corrected chi connectivity index (χ2v) is 10.3. The first-order valence-electron chi connectivity index (χ1n) is 13.8. The summed E-state index contributed by atoms with van der Waals surface area (Å²) in [5.74, 6) is -0.116. The van der Waals surface area contributed by atoms with Crippen LogP contribution in [-0.2, 0) is 11.8 Å². The van der Waals surface area contributed by atoms with Crippen LogP contribution in [0.3, 0.4) is 0 Å². The van der Waals surface area contributed by atoms with Crippen LogP contribution in [-0.4, -0.2) is 68.8 Å². The van der Waals surface area contributed by atoms with E-state index in [1.54, 1.807) is 47.1 Å². The molecule has 1 fully saturated rings. The summed E-state index contributed by atoms with van der Waals surface area (Å²) in [6.07, 6.45) is 5.14. The molecule has 1 aliphatic rings. The average molecular weight is 584 g/mol. The molecule has 5 rings (SSSR count). The highest BCUT2D eigenvalue weighted by Gasteiger charge is 2.30. The van der Waals surface area contributed by atoms with E-state index in [1.165, 1.54) is 14.2 Å². The number of hydrogen-bond acceptors (Lipinski definition) is 9. The normalized spacial score (nSPS) is 13.1. The quantitative estimate of drug-likeness (QED) is 0.254. The van der Waals surface area contributed by atoms with E-state index in [2.05, 4.69) is 36.2 Å². The number of nitrogens with one attached hydrogen (secondary N) is 3. The number of anilines is 3. The number of carbonyl (C=O) groups is 3. The van der Waals surface area contributed by atoms with Crippen molar-refractivity contribution in [1.82, 2.24) is 35.2 Å². The van der Waals surface area contributed by atoms with Crippen LogP contribution in [0.4, 0.5) is 17.2 Å². The number of ether oxygens (including phenoxy) is 1. The van der Waals surface area contributed by atoms with Crippen LogP contribution in [0, 0.1) is 5.92 Å². The Hall–Kier alpha value is -5.33. The van der Waals surface area contributed by atoms with Gasteiger partial charge in [0.15, 0.2) is 11.5 Å². The highest BCUT2D eigenvalue weighted by Crippen LogP contribution is 2.38. The van der Waals surface area contributed by atoms with Crippen molar-refractivity contribution in [1.29, 1.82) is 0 Å². The zero-order valence-corrected chi connectivity index (χ0v) is 24.6. The largest absolute Gasteiger partial charge is 0.494 e. The van der Waals surface area contributed by atoms with Gasteiger partial charge in [0.25, 0.3) is 11.8 Å². The van der Waals surface area contributed by atoms with Crippen molar-refractivity contribution in [3.8, 4) is 16.9 Å². The fourth-order valence-corrected chi connectivity index (χ4v) is 4.53. The predicted octanol–water partition coefficient (Wildman–Crippen LogP) is 3.57. The minimum Gasteiger partial charge on any atom is -0.494 e. The van der Waals surface area contributed by atoms with Crippen LogP contribution in [0.15, 0.2) is 54.9 Å². The molecule has 3 amide bonds. The second-order valence-electron chi connectivity index (χ2n) is 10.3. The van der Waals surface area contributed by atoms with E-state index >= 15 is 0 Å². The third-order valence-corrected chi connectivity index (χ3v) is 7.28. The first-order valence-corrected chi connectivity index (χ1v) is 13.8. The van der Waals surface area contributed by atoms with E-state index in [0.29, 0.717) is 33.9 Å². The Morgan fingerprint density at radius 3 is 2.51 bits per heavy atom. The Balaban J connectivity index is 1.40. The summed E-state index contributed by atoms with van der Waals surface area (Å²) in [5.41, 5.74) is 3.43. The Labute approximate surface area is 248 Å². The van der Waals surface area contributed by atoms with Crippen molar-refractivity contribution in [2.24, 2.45) is 13.0 Å². The highest BCUT2D eigenvalue weighted by molar-refractivity contribution is 6.00. The summed E-state index contributed by atoms with van der Waals surface area (Å²) in [5, 5.41) is 21.0. The van der Waals surface area contributed by atoms with E-state index in [4.69, 9.17) is 4.74 Å². The average Bonchev–Trinajstić information content (AvgIpc) is 3.79. The van der Waals surface area contributed by atoms with E-state index in [9.17, 15) is 14.4 Å². The fraction of sp³-hybridized carbons (Fsp3) is 0.300. The first kappa shape index (κ1) is 29.2. The van der Waals surface area contributed by atoms with E-state index in [0.717, 1.165) is 18.5 Å². The van der Waals surface area contributed by atoms with Gasteiger partial charge in [-0.25, -0.2) is 0 Å². The first-order chi connectivity index (χ1) is 20.7. The van der Waals surface area contributed by atoms with Gasteiger partial charge in [-0.05, 0) is 38.0 Å². The highest BCUT2D eigenvalue weighted by atomic mass is 16.5. The standard InChI is InChI=1S/C30H33N9O4/c1-17(21-13-14-38(3)37-21)39(4)30(42)23-12-11-19(16-32-23)20-7-6-8-22(27(20)43-5)33-24-15-25(34-28(40)18-9-10-18)35-36-26(24)29(41)31-2/h6-8,11-18H,9-10H2,1-5H3,(H,31,41)(H2,33,34,35,40)/t17-/m0/s1. The van der Waals surface area contributed by atoms with Crippen molar-refractivity contribution in [2.75, 3.05) is 31.8 Å². The molecule has 3 N–H and O–H groups in total. The molecule has 3 heterocycles. The zero-order chi connectivity index (χ0) is 30.7.